The van der Waals surface area contributed by atoms with Crippen molar-refractivity contribution in [3.8, 4) is 0 Å². The first kappa shape index (κ1) is 8.75. The summed E-state index contributed by atoms with van der Waals surface area (Å²) in [4.78, 5) is 4.34. The molecule has 1 aliphatic heterocycles. The Kier molecular flexibility index (Phi) is 1.91. The maximum absolute atomic E-state index is 4.34. The molecular formula is C10H17N3. The fourth-order valence-electron chi connectivity index (χ4n) is 1.75. The van der Waals surface area contributed by atoms with Crippen molar-refractivity contribution in [1.82, 2.24) is 14.9 Å². The highest BCUT2D eigenvalue weighted by Gasteiger charge is 2.28. The molecule has 0 spiro atoms. The van der Waals surface area contributed by atoms with Gasteiger partial charge in [0.25, 0.3) is 0 Å². The highest BCUT2D eigenvalue weighted by atomic mass is 15.2. The summed E-state index contributed by atoms with van der Waals surface area (Å²) in [5, 5.41) is 3.52. The molecule has 1 atom stereocenters. The number of nitrogens with one attached hydrogen (secondary N) is 1. The second kappa shape index (κ2) is 2.84. The fourth-order valence-corrected chi connectivity index (χ4v) is 1.75. The molecule has 3 nitrogen and oxygen atoms in total. The minimum atomic E-state index is 0.317. The van der Waals surface area contributed by atoms with Gasteiger partial charge in [-0.05, 0) is 5.41 Å². The van der Waals surface area contributed by atoms with E-state index in [9.17, 15) is 0 Å². The van der Waals surface area contributed by atoms with E-state index in [2.05, 4.69) is 35.6 Å². The Balaban J connectivity index is 2.18. The Hall–Kier alpha value is -0.830. The molecule has 1 unspecified atom stereocenters. The third kappa shape index (κ3) is 1.61. The van der Waals surface area contributed by atoms with Crippen LogP contribution in [0.5, 0.6) is 0 Å². The van der Waals surface area contributed by atoms with E-state index in [1.54, 1.807) is 0 Å². The lowest BCUT2D eigenvalue weighted by Crippen LogP contribution is -2.46. The number of hydrogen-bond acceptors (Lipinski definition) is 2. The minimum Gasteiger partial charge on any atom is -0.322 e. The first-order chi connectivity index (χ1) is 6.07. The zero-order chi connectivity index (χ0) is 9.47. The molecule has 1 aliphatic rings. The predicted molar refractivity (Wildman–Crippen MR) is 52.3 cm³/mol. The monoisotopic (exact) mass is 179 g/mol. The SMILES string of the molecule is CC(C)(C)C1Cc2nccn2CN1. The van der Waals surface area contributed by atoms with Crippen molar-refractivity contribution in [2.75, 3.05) is 0 Å². The Bertz CT molecular complexity index is 295. The molecule has 13 heavy (non-hydrogen) atoms. The molecule has 1 N–H and O–H groups in total. The Morgan fingerprint density at radius 2 is 2.31 bits per heavy atom. The number of aromatic nitrogens is 2. The summed E-state index contributed by atoms with van der Waals surface area (Å²) in [7, 11) is 0. The van der Waals surface area contributed by atoms with Gasteiger partial charge in [0.05, 0.1) is 6.67 Å². The lowest BCUT2D eigenvalue weighted by molar-refractivity contribution is 0.225. The maximum atomic E-state index is 4.34. The molecule has 1 aromatic rings. The van der Waals surface area contributed by atoms with Gasteiger partial charge in [0.15, 0.2) is 0 Å². The number of nitrogens with zero attached hydrogens (tertiary/aromatic N) is 2. The molecule has 2 rings (SSSR count). The van der Waals surface area contributed by atoms with Gasteiger partial charge >= 0.3 is 0 Å². The number of hydrogen-bond donors (Lipinski definition) is 1. The summed E-state index contributed by atoms with van der Waals surface area (Å²) in [6.45, 7) is 7.70. The van der Waals surface area contributed by atoms with Crippen LogP contribution < -0.4 is 5.32 Å². The van der Waals surface area contributed by atoms with E-state index in [1.165, 1.54) is 5.82 Å². The van der Waals surface area contributed by atoms with Crippen molar-refractivity contribution in [3.63, 3.8) is 0 Å². The van der Waals surface area contributed by atoms with E-state index < -0.39 is 0 Å². The van der Waals surface area contributed by atoms with E-state index in [-0.39, 0.29) is 0 Å². The van der Waals surface area contributed by atoms with Crippen molar-refractivity contribution in [2.24, 2.45) is 5.41 Å². The lowest BCUT2D eigenvalue weighted by Gasteiger charge is -2.35. The van der Waals surface area contributed by atoms with Gasteiger partial charge in [0.1, 0.15) is 5.82 Å². The van der Waals surface area contributed by atoms with Crippen LogP contribution in [0.3, 0.4) is 0 Å². The molecule has 0 aliphatic carbocycles. The van der Waals surface area contributed by atoms with E-state index in [0.29, 0.717) is 11.5 Å². The molecule has 72 valence electrons. The third-order valence-electron chi connectivity index (χ3n) is 2.74. The molecule has 0 fully saturated rings. The second-order valence-electron chi connectivity index (χ2n) is 4.80. The molecule has 1 aromatic heterocycles. The van der Waals surface area contributed by atoms with Gasteiger partial charge in [0, 0.05) is 24.9 Å². The molecule has 0 aromatic carbocycles. The van der Waals surface area contributed by atoms with Gasteiger partial charge in [-0.25, -0.2) is 4.98 Å². The highest BCUT2D eigenvalue weighted by Crippen LogP contribution is 2.24. The van der Waals surface area contributed by atoms with Crippen LogP contribution in [0.15, 0.2) is 12.4 Å². The molecule has 0 saturated carbocycles. The summed E-state index contributed by atoms with van der Waals surface area (Å²) in [6.07, 6.45) is 4.94. The number of fused-ring (bicyclic) bond motifs is 1. The van der Waals surface area contributed by atoms with Crippen LogP contribution >= 0.6 is 0 Å². The Morgan fingerprint density at radius 3 is 3.00 bits per heavy atom. The van der Waals surface area contributed by atoms with Gasteiger partial charge in [-0.3, -0.25) is 5.32 Å². The molecule has 0 saturated heterocycles. The van der Waals surface area contributed by atoms with E-state index in [1.807, 2.05) is 12.4 Å². The third-order valence-corrected chi connectivity index (χ3v) is 2.74. The van der Waals surface area contributed by atoms with Crippen molar-refractivity contribution < 1.29 is 0 Å². The quantitative estimate of drug-likeness (QED) is 0.652. The molecule has 0 bridgehead atoms. The second-order valence-corrected chi connectivity index (χ2v) is 4.80. The Morgan fingerprint density at radius 1 is 1.54 bits per heavy atom. The zero-order valence-electron chi connectivity index (χ0n) is 8.54. The van der Waals surface area contributed by atoms with Crippen LogP contribution in [0.2, 0.25) is 0 Å². The summed E-state index contributed by atoms with van der Waals surface area (Å²) in [5.41, 5.74) is 0.317. The van der Waals surface area contributed by atoms with Crippen LogP contribution in [0, 0.1) is 5.41 Å². The van der Waals surface area contributed by atoms with Gasteiger partial charge in [-0.1, -0.05) is 20.8 Å². The van der Waals surface area contributed by atoms with Gasteiger partial charge < -0.3 is 4.57 Å². The van der Waals surface area contributed by atoms with Gasteiger partial charge in [-0.15, -0.1) is 0 Å². The van der Waals surface area contributed by atoms with Crippen molar-refractivity contribution in [2.45, 2.75) is 39.9 Å². The molecule has 0 amide bonds. The van der Waals surface area contributed by atoms with E-state index in [4.69, 9.17) is 0 Å². The van der Waals surface area contributed by atoms with Crippen LogP contribution in [-0.2, 0) is 13.1 Å². The lowest BCUT2D eigenvalue weighted by atomic mass is 9.84. The minimum absolute atomic E-state index is 0.317. The van der Waals surface area contributed by atoms with Crippen molar-refractivity contribution in [1.29, 1.82) is 0 Å². The normalized spacial score (nSPS) is 22.8. The van der Waals surface area contributed by atoms with Crippen LogP contribution in [0.4, 0.5) is 0 Å². The molecule has 3 heteroatoms. The van der Waals surface area contributed by atoms with Gasteiger partial charge in [0.2, 0.25) is 0 Å². The maximum Gasteiger partial charge on any atom is 0.111 e. The smallest absolute Gasteiger partial charge is 0.111 e. The fraction of sp³-hybridized carbons (Fsp3) is 0.700. The summed E-state index contributed by atoms with van der Waals surface area (Å²) < 4.78 is 2.17. The van der Waals surface area contributed by atoms with Gasteiger partial charge in [-0.2, -0.15) is 0 Å². The highest BCUT2D eigenvalue weighted by molar-refractivity contribution is 5.01. The first-order valence-electron chi connectivity index (χ1n) is 4.81. The first-order valence-corrected chi connectivity index (χ1v) is 4.81. The van der Waals surface area contributed by atoms with E-state index >= 15 is 0 Å². The average molecular weight is 179 g/mol. The van der Waals surface area contributed by atoms with Crippen LogP contribution in [-0.4, -0.2) is 15.6 Å². The number of imidazole rings is 1. The average Bonchev–Trinajstić information content (AvgIpc) is 2.47. The van der Waals surface area contributed by atoms with E-state index in [0.717, 1.165) is 13.1 Å². The molecule has 2 heterocycles. The number of rotatable bonds is 0. The van der Waals surface area contributed by atoms with Crippen molar-refractivity contribution >= 4 is 0 Å². The summed E-state index contributed by atoms with van der Waals surface area (Å²) in [6, 6.07) is 0.544. The molecular weight excluding hydrogens is 162 g/mol. The zero-order valence-corrected chi connectivity index (χ0v) is 8.54. The predicted octanol–water partition coefficient (Wildman–Crippen LogP) is 1.40. The topological polar surface area (TPSA) is 29.9 Å². The molecule has 0 radical (unpaired) electrons. The van der Waals surface area contributed by atoms with Crippen LogP contribution in [0.25, 0.3) is 0 Å². The largest absolute Gasteiger partial charge is 0.322 e. The standard InChI is InChI=1S/C10H17N3/c1-10(2,3)8-6-9-11-4-5-13(9)7-12-8/h4-5,8,12H,6-7H2,1-3H3. The summed E-state index contributed by atoms with van der Waals surface area (Å²) >= 11 is 0. The summed E-state index contributed by atoms with van der Waals surface area (Å²) in [5.74, 6) is 1.21. The Labute approximate surface area is 79.2 Å². The van der Waals surface area contributed by atoms with Crippen LogP contribution in [0.1, 0.15) is 26.6 Å². The van der Waals surface area contributed by atoms with Crippen molar-refractivity contribution in [3.05, 3.63) is 18.2 Å².